The Kier molecular flexibility index (Phi) is 6.02. The molecule has 0 bridgehead atoms. The summed E-state index contributed by atoms with van der Waals surface area (Å²) in [6.07, 6.45) is 8.44. The lowest BCUT2D eigenvalue weighted by atomic mass is 9.93. The van der Waals surface area contributed by atoms with Gasteiger partial charge in [0.15, 0.2) is 0 Å². The van der Waals surface area contributed by atoms with Crippen LogP contribution in [0.15, 0.2) is 72.8 Å². The van der Waals surface area contributed by atoms with E-state index in [-0.39, 0.29) is 0 Å². The van der Waals surface area contributed by atoms with Crippen LogP contribution in [-0.4, -0.2) is 4.98 Å². The van der Waals surface area contributed by atoms with E-state index in [0.29, 0.717) is 0 Å². The predicted octanol–water partition coefficient (Wildman–Crippen LogP) is 9.68. The summed E-state index contributed by atoms with van der Waals surface area (Å²) in [6, 6.07) is 24.2. The Morgan fingerprint density at radius 3 is 1.34 bits per heavy atom. The number of aromatic nitrogens is 1. The third-order valence-corrected chi connectivity index (χ3v) is 7.61. The minimum Gasteiger partial charge on any atom is -0.248 e. The van der Waals surface area contributed by atoms with Crippen molar-refractivity contribution in [2.24, 2.45) is 0 Å². The van der Waals surface area contributed by atoms with Crippen molar-refractivity contribution in [1.82, 2.24) is 4.98 Å². The molecule has 172 valence electrons. The van der Waals surface area contributed by atoms with Crippen molar-refractivity contribution in [3.05, 3.63) is 122 Å². The highest BCUT2D eigenvalue weighted by Crippen LogP contribution is 2.46. The number of allylic oxidation sites excluding steroid dienone is 2. The van der Waals surface area contributed by atoms with Crippen LogP contribution in [0.3, 0.4) is 0 Å². The minimum atomic E-state index is 0.747. The standard InChI is InChI=1S/C31H22Cl3N/c32-24-9-1-19(2-10-24)17-22-7-15-27-29(21-5-13-26(34)14-6-21)28-16-8-23(31(28)35-30(22)27)18-20-3-11-25(33)12-4-20/h1-6,9-14,17-18H,7-8,15-16H2. The number of hydrogen-bond donors (Lipinski definition) is 0. The van der Waals surface area contributed by atoms with Gasteiger partial charge in [-0.3, -0.25) is 0 Å². The first kappa shape index (κ1) is 22.6. The third kappa shape index (κ3) is 4.45. The topological polar surface area (TPSA) is 12.9 Å². The van der Waals surface area contributed by atoms with Crippen LogP contribution in [0, 0.1) is 0 Å². The fraction of sp³-hybridized carbons (Fsp3) is 0.129. The maximum atomic E-state index is 6.23. The van der Waals surface area contributed by atoms with Crippen molar-refractivity contribution in [3.63, 3.8) is 0 Å². The van der Waals surface area contributed by atoms with Crippen LogP contribution in [0.4, 0.5) is 0 Å². The molecule has 0 spiro atoms. The number of hydrogen-bond acceptors (Lipinski definition) is 1. The normalized spacial score (nSPS) is 16.7. The first-order valence-electron chi connectivity index (χ1n) is 11.8. The molecule has 0 fully saturated rings. The quantitative estimate of drug-likeness (QED) is 0.265. The number of nitrogens with zero attached hydrogens (tertiary/aromatic N) is 1. The fourth-order valence-corrected chi connectivity index (χ4v) is 5.58. The Hall–Kier alpha value is -2.84. The maximum absolute atomic E-state index is 6.23. The van der Waals surface area contributed by atoms with E-state index in [4.69, 9.17) is 39.8 Å². The highest BCUT2D eigenvalue weighted by Gasteiger charge is 2.30. The van der Waals surface area contributed by atoms with Gasteiger partial charge in [0.1, 0.15) is 0 Å². The van der Waals surface area contributed by atoms with Gasteiger partial charge >= 0.3 is 0 Å². The van der Waals surface area contributed by atoms with Crippen molar-refractivity contribution in [3.8, 4) is 11.1 Å². The molecular formula is C31H22Cl3N. The monoisotopic (exact) mass is 513 g/mol. The SMILES string of the molecule is Clc1ccc(C=C2CCc3c2nc2c(c3-c3ccc(Cl)cc3)CCC2=Cc2ccc(Cl)cc2)cc1. The fourth-order valence-electron chi connectivity index (χ4n) is 5.21. The van der Waals surface area contributed by atoms with Gasteiger partial charge in [0, 0.05) is 15.1 Å². The first-order valence-corrected chi connectivity index (χ1v) is 12.9. The van der Waals surface area contributed by atoms with Crippen molar-refractivity contribution in [2.45, 2.75) is 25.7 Å². The molecule has 1 nitrogen and oxygen atoms in total. The molecule has 4 aromatic rings. The molecule has 0 saturated heterocycles. The van der Waals surface area contributed by atoms with Crippen LogP contribution in [0.5, 0.6) is 0 Å². The number of benzene rings is 3. The third-order valence-electron chi connectivity index (χ3n) is 6.85. The van der Waals surface area contributed by atoms with Gasteiger partial charge < -0.3 is 0 Å². The van der Waals surface area contributed by atoms with Gasteiger partial charge in [-0.2, -0.15) is 0 Å². The van der Waals surface area contributed by atoms with E-state index < -0.39 is 0 Å². The lowest BCUT2D eigenvalue weighted by molar-refractivity contribution is 1.05. The Balaban J connectivity index is 1.53. The molecule has 4 heteroatoms. The molecule has 2 aliphatic carbocycles. The van der Waals surface area contributed by atoms with Crippen LogP contribution in [0.1, 0.15) is 46.5 Å². The van der Waals surface area contributed by atoms with Gasteiger partial charge in [-0.15, -0.1) is 0 Å². The molecule has 2 aliphatic rings. The smallest absolute Gasteiger partial charge is 0.0707 e. The lowest BCUT2D eigenvalue weighted by Crippen LogP contribution is -2.00. The molecule has 0 unspecified atom stereocenters. The van der Waals surface area contributed by atoms with Crippen LogP contribution in [0.2, 0.25) is 15.1 Å². The summed E-state index contributed by atoms with van der Waals surface area (Å²) in [7, 11) is 0. The van der Waals surface area contributed by atoms with Gasteiger partial charge in [0.25, 0.3) is 0 Å². The Labute approximate surface area is 220 Å². The van der Waals surface area contributed by atoms with E-state index in [1.54, 1.807) is 0 Å². The zero-order valence-electron chi connectivity index (χ0n) is 19.0. The van der Waals surface area contributed by atoms with Gasteiger partial charge in [-0.1, -0.05) is 71.2 Å². The summed E-state index contributed by atoms with van der Waals surface area (Å²) >= 11 is 18.4. The molecule has 35 heavy (non-hydrogen) atoms. The second-order valence-electron chi connectivity index (χ2n) is 9.09. The van der Waals surface area contributed by atoms with E-state index in [0.717, 1.165) is 63.3 Å². The number of rotatable bonds is 3. The van der Waals surface area contributed by atoms with Gasteiger partial charge in [-0.05, 0) is 119 Å². The highest BCUT2D eigenvalue weighted by atomic mass is 35.5. The minimum absolute atomic E-state index is 0.747. The zero-order chi connectivity index (χ0) is 23.9. The Morgan fingerprint density at radius 1 is 0.514 bits per heavy atom. The molecule has 0 aliphatic heterocycles. The van der Waals surface area contributed by atoms with E-state index in [1.807, 2.05) is 36.4 Å². The van der Waals surface area contributed by atoms with Gasteiger partial charge in [0.2, 0.25) is 0 Å². The number of fused-ring (bicyclic) bond motifs is 2. The first-order chi connectivity index (χ1) is 17.0. The maximum Gasteiger partial charge on any atom is 0.0707 e. The van der Waals surface area contributed by atoms with Crippen molar-refractivity contribution < 1.29 is 0 Å². The second kappa shape index (κ2) is 9.32. The van der Waals surface area contributed by atoms with Gasteiger partial charge in [0.05, 0.1) is 11.4 Å². The van der Waals surface area contributed by atoms with Crippen molar-refractivity contribution >= 4 is 58.1 Å². The van der Waals surface area contributed by atoms with E-state index in [1.165, 1.54) is 33.4 Å². The molecule has 0 amide bonds. The molecule has 0 radical (unpaired) electrons. The summed E-state index contributed by atoms with van der Waals surface area (Å²) < 4.78 is 0. The van der Waals surface area contributed by atoms with Crippen LogP contribution in [0.25, 0.3) is 34.4 Å². The van der Waals surface area contributed by atoms with E-state index >= 15 is 0 Å². The average molecular weight is 515 g/mol. The van der Waals surface area contributed by atoms with Crippen molar-refractivity contribution in [1.29, 1.82) is 0 Å². The molecule has 0 N–H and O–H groups in total. The predicted molar refractivity (Wildman–Crippen MR) is 150 cm³/mol. The Bertz CT molecular complexity index is 1390. The summed E-state index contributed by atoms with van der Waals surface area (Å²) in [5, 5.41) is 2.25. The zero-order valence-corrected chi connectivity index (χ0v) is 21.3. The average Bonchev–Trinajstić information content (AvgIpc) is 3.45. The van der Waals surface area contributed by atoms with Crippen LogP contribution < -0.4 is 0 Å². The molecule has 6 rings (SSSR count). The lowest BCUT2D eigenvalue weighted by Gasteiger charge is -2.15. The molecule has 1 heterocycles. The molecule has 0 saturated carbocycles. The highest BCUT2D eigenvalue weighted by molar-refractivity contribution is 6.31. The van der Waals surface area contributed by atoms with Crippen LogP contribution >= 0.6 is 34.8 Å². The second-order valence-corrected chi connectivity index (χ2v) is 10.4. The van der Waals surface area contributed by atoms with Crippen molar-refractivity contribution in [2.75, 3.05) is 0 Å². The molecule has 3 aromatic carbocycles. The summed E-state index contributed by atoms with van der Waals surface area (Å²) in [5.41, 5.74) is 12.3. The molecular weight excluding hydrogens is 493 g/mol. The van der Waals surface area contributed by atoms with Gasteiger partial charge in [-0.25, -0.2) is 4.98 Å². The largest absolute Gasteiger partial charge is 0.248 e. The number of halogens is 3. The molecule has 1 aromatic heterocycles. The van der Waals surface area contributed by atoms with E-state index in [9.17, 15) is 0 Å². The number of pyridine rings is 1. The summed E-state index contributed by atoms with van der Waals surface area (Å²) in [5.74, 6) is 0. The summed E-state index contributed by atoms with van der Waals surface area (Å²) in [6.45, 7) is 0. The van der Waals surface area contributed by atoms with E-state index in [2.05, 4.69) is 48.6 Å². The molecule has 0 atom stereocenters. The Morgan fingerprint density at radius 2 is 0.914 bits per heavy atom. The summed E-state index contributed by atoms with van der Waals surface area (Å²) in [4.78, 5) is 5.31. The van der Waals surface area contributed by atoms with Crippen LogP contribution in [-0.2, 0) is 12.8 Å².